The Hall–Kier alpha value is -0.830. The summed E-state index contributed by atoms with van der Waals surface area (Å²) in [4.78, 5) is 10.1. The Kier molecular flexibility index (Phi) is 5.39. The zero-order chi connectivity index (χ0) is 10.3. The van der Waals surface area contributed by atoms with Crippen LogP contribution in [0.2, 0.25) is 0 Å². The summed E-state index contributed by atoms with van der Waals surface area (Å²) in [7, 11) is 0. The van der Waals surface area contributed by atoms with Crippen LogP contribution >= 0.6 is 0 Å². The highest BCUT2D eigenvalue weighted by molar-refractivity contribution is 5.79. The molecule has 76 valence electrons. The summed E-state index contributed by atoms with van der Waals surface area (Å²) in [6.07, 6.45) is 3.86. The normalized spacial score (nSPS) is 12.2. The lowest BCUT2D eigenvalue weighted by Crippen LogP contribution is -2.20. The molecular weight excluding hydrogens is 166 g/mol. The molecule has 0 amide bonds. The van der Waals surface area contributed by atoms with Crippen molar-refractivity contribution in [2.75, 3.05) is 13.1 Å². The topological polar surface area (TPSA) is 49.3 Å². The molecule has 0 bridgehead atoms. The average Bonchev–Trinajstić information content (AvgIpc) is 1.93. The van der Waals surface area contributed by atoms with Gasteiger partial charge in [-0.25, -0.2) is 4.79 Å². The van der Waals surface area contributed by atoms with Crippen LogP contribution in [0, 0.1) is 5.41 Å². The highest BCUT2D eigenvalue weighted by Crippen LogP contribution is 2.16. The summed E-state index contributed by atoms with van der Waals surface area (Å²) >= 11 is 0. The first kappa shape index (κ1) is 12.2. The number of rotatable bonds is 5. The maximum atomic E-state index is 10.1. The number of carboxylic acid groups (broad SMARTS) is 1. The van der Waals surface area contributed by atoms with Gasteiger partial charge in [0.2, 0.25) is 0 Å². The van der Waals surface area contributed by atoms with Crippen LogP contribution in [0.1, 0.15) is 27.2 Å². The van der Waals surface area contributed by atoms with Crippen LogP contribution in [0.25, 0.3) is 0 Å². The molecule has 2 N–H and O–H groups in total. The van der Waals surface area contributed by atoms with Crippen molar-refractivity contribution in [3.8, 4) is 0 Å². The summed E-state index contributed by atoms with van der Waals surface area (Å²) in [6.45, 7) is 8.10. The smallest absolute Gasteiger partial charge is 0.328 e. The number of aliphatic carboxylic acids is 1. The van der Waals surface area contributed by atoms with E-state index in [2.05, 4.69) is 26.1 Å². The van der Waals surface area contributed by atoms with Gasteiger partial charge in [0.1, 0.15) is 0 Å². The van der Waals surface area contributed by atoms with E-state index in [1.54, 1.807) is 6.08 Å². The molecule has 13 heavy (non-hydrogen) atoms. The first-order valence-electron chi connectivity index (χ1n) is 4.52. The van der Waals surface area contributed by atoms with Gasteiger partial charge in [0, 0.05) is 12.6 Å². The van der Waals surface area contributed by atoms with Crippen LogP contribution in [0.15, 0.2) is 12.2 Å². The van der Waals surface area contributed by atoms with E-state index < -0.39 is 5.97 Å². The molecule has 0 saturated carbocycles. The Morgan fingerprint density at radius 2 is 2.08 bits per heavy atom. The molecule has 0 aromatic carbocycles. The fraction of sp³-hybridized carbons (Fsp3) is 0.700. The third kappa shape index (κ3) is 11.2. The molecule has 0 aliphatic heterocycles. The summed E-state index contributed by atoms with van der Waals surface area (Å²) in [5.74, 6) is -0.891. The predicted molar refractivity (Wildman–Crippen MR) is 53.7 cm³/mol. The fourth-order valence-electron chi connectivity index (χ4n) is 0.809. The molecule has 3 nitrogen and oxygen atoms in total. The second-order valence-electron chi connectivity index (χ2n) is 4.26. The quantitative estimate of drug-likeness (QED) is 0.506. The number of carbonyl (C=O) groups is 1. The van der Waals surface area contributed by atoms with Crippen LogP contribution in [0.3, 0.4) is 0 Å². The van der Waals surface area contributed by atoms with Crippen LogP contribution in [0.4, 0.5) is 0 Å². The summed E-state index contributed by atoms with van der Waals surface area (Å²) in [5.41, 5.74) is 0.337. The maximum absolute atomic E-state index is 10.1. The van der Waals surface area contributed by atoms with E-state index in [1.165, 1.54) is 0 Å². The van der Waals surface area contributed by atoms with Gasteiger partial charge in [0.05, 0.1) is 0 Å². The van der Waals surface area contributed by atoms with Gasteiger partial charge in [-0.2, -0.15) is 0 Å². The molecule has 0 aromatic heterocycles. The molecule has 0 rings (SSSR count). The molecule has 0 aliphatic rings. The molecule has 0 aliphatic carbocycles. The third-order valence-corrected chi connectivity index (χ3v) is 1.57. The number of carboxylic acids is 1. The Balaban J connectivity index is 3.32. The van der Waals surface area contributed by atoms with Crippen molar-refractivity contribution in [3.63, 3.8) is 0 Å². The SMILES string of the molecule is CC(C)(C)CCNC/C=C/C(=O)O. The van der Waals surface area contributed by atoms with Crippen molar-refractivity contribution in [1.29, 1.82) is 0 Å². The second kappa shape index (κ2) is 5.75. The molecule has 3 heteroatoms. The molecule has 0 unspecified atom stereocenters. The monoisotopic (exact) mass is 185 g/mol. The van der Waals surface area contributed by atoms with Crippen molar-refractivity contribution in [1.82, 2.24) is 5.32 Å². The molecule has 0 spiro atoms. The highest BCUT2D eigenvalue weighted by atomic mass is 16.4. The van der Waals surface area contributed by atoms with Gasteiger partial charge in [0.15, 0.2) is 0 Å². The molecule has 0 aromatic rings. The lowest BCUT2D eigenvalue weighted by Gasteiger charge is -2.17. The van der Waals surface area contributed by atoms with Crippen LogP contribution < -0.4 is 5.32 Å². The molecule has 0 heterocycles. The summed E-state index contributed by atoms with van der Waals surface area (Å²) in [6, 6.07) is 0. The van der Waals surface area contributed by atoms with Crippen molar-refractivity contribution in [2.45, 2.75) is 27.2 Å². The first-order chi connectivity index (χ1) is 5.92. The number of hydrogen-bond acceptors (Lipinski definition) is 2. The second-order valence-corrected chi connectivity index (χ2v) is 4.26. The minimum Gasteiger partial charge on any atom is -0.478 e. The summed E-state index contributed by atoms with van der Waals surface area (Å²) < 4.78 is 0. The van der Waals surface area contributed by atoms with E-state index in [-0.39, 0.29) is 0 Å². The standard InChI is InChI=1S/C10H19NO2/c1-10(2,3)6-8-11-7-4-5-9(12)13/h4-5,11H,6-8H2,1-3H3,(H,12,13)/b5-4+. The van der Waals surface area contributed by atoms with Crippen molar-refractivity contribution < 1.29 is 9.90 Å². The van der Waals surface area contributed by atoms with E-state index in [1.807, 2.05) is 0 Å². The maximum Gasteiger partial charge on any atom is 0.328 e. The van der Waals surface area contributed by atoms with E-state index in [0.717, 1.165) is 19.0 Å². The van der Waals surface area contributed by atoms with Crippen molar-refractivity contribution in [3.05, 3.63) is 12.2 Å². The van der Waals surface area contributed by atoms with E-state index >= 15 is 0 Å². The van der Waals surface area contributed by atoms with Gasteiger partial charge in [-0.3, -0.25) is 0 Å². The molecule has 0 saturated heterocycles. The Labute approximate surface area is 79.8 Å². The minimum absolute atomic E-state index is 0.337. The zero-order valence-electron chi connectivity index (χ0n) is 8.63. The van der Waals surface area contributed by atoms with E-state index in [0.29, 0.717) is 12.0 Å². The van der Waals surface area contributed by atoms with Gasteiger partial charge >= 0.3 is 5.97 Å². The predicted octanol–water partition coefficient (Wildman–Crippen LogP) is 1.65. The third-order valence-electron chi connectivity index (χ3n) is 1.57. The van der Waals surface area contributed by atoms with Crippen LogP contribution in [0.5, 0.6) is 0 Å². The Bertz CT molecular complexity index is 180. The van der Waals surface area contributed by atoms with Crippen molar-refractivity contribution >= 4 is 5.97 Å². The minimum atomic E-state index is -0.891. The van der Waals surface area contributed by atoms with Crippen LogP contribution in [-0.4, -0.2) is 24.2 Å². The molecule has 0 atom stereocenters. The van der Waals surface area contributed by atoms with Crippen molar-refractivity contribution in [2.24, 2.45) is 5.41 Å². The fourth-order valence-corrected chi connectivity index (χ4v) is 0.809. The average molecular weight is 185 g/mol. The number of nitrogens with one attached hydrogen (secondary N) is 1. The van der Waals surface area contributed by atoms with Gasteiger partial charge in [-0.05, 0) is 18.4 Å². The van der Waals surface area contributed by atoms with Crippen LogP contribution in [-0.2, 0) is 4.79 Å². The molecule has 0 radical (unpaired) electrons. The van der Waals surface area contributed by atoms with Gasteiger partial charge in [-0.1, -0.05) is 26.8 Å². The zero-order valence-corrected chi connectivity index (χ0v) is 8.63. The Morgan fingerprint density at radius 1 is 1.46 bits per heavy atom. The largest absolute Gasteiger partial charge is 0.478 e. The lowest BCUT2D eigenvalue weighted by atomic mass is 9.92. The van der Waals surface area contributed by atoms with E-state index in [9.17, 15) is 4.79 Å². The Morgan fingerprint density at radius 3 is 2.54 bits per heavy atom. The highest BCUT2D eigenvalue weighted by Gasteiger charge is 2.07. The lowest BCUT2D eigenvalue weighted by molar-refractivity contribution is -0.131. The first-order valence-corrected chi connectivity index (χ1v) is 4.52. The summed E-state index contributed by atoms with van der Waals surface area (Å²) in [5, 5.41) is 11.4. The molecule has 0 fully saturated rings. The van der Waals surface area contributed by atoms with Gasteiger partial charge in [0.25, 0.3) is 0 Å². The van der Waals surface area contributed by atoms with Gasteiger partial charge in [-0.15, -0.1) is 0 Å². The molecular formula is C10H19NO2. The number of hydrogen-bond donors (Lipinski definition) is 2. The van der Waals surface area contributed by atoms with E-state index in [4.69, 9.17) is 5.11 Å². The van der Waals surface area contributed by atoms with Gasteiger partial charge < -0.3 is 10.4 Å².